The Bertz CT molecular complexity index is 416. The van der Waals surface area contributed by atoms with Crippen molar-refractivity contribution in [2.24, 2.45) is 5.92 Å². The van der Waals surface area contributed by atoms with Crippen LogP contribution in [0.15, 0.2) is 24.3 Å². The lowest BCUT2D eigenvalue weighted by molar-refractivity contribution is 0.273. The number of rotatable bonds is 4. The summed E-state index contributed by atoms with van der Waals surface area (Å²) in [5.74, 6) is 0.737. The molecule has 1 aliphatic rings. The minimum atomic E-state index is 0.239. The molecule has 1 N–H and O–H groups in total. The van der Waals surface area contributed by atoms with Gasteiger partial charge in [0.15, 0.2) is 0 Å². The van der Waals surface area contributed by atoms with E-state index in [-0.39, 0.29) is 5.41 Å². The van der Waals surface area contributed by atoms with E-state index in [2.05, 4.69) is 69.2 Å². The van der Waals surface area contributed by atoms with Gasteiger partial charge in [-0.25, -0.2) is 0 Å². The summed E-state index contributed by atoms with van der Waals surface area (Å²) in [5.41, 5.74) is 3.13. The van der Waals surface area contributed by atoms with E-state index in [9.17, 15) is 0 Å². The van der Waals surface area contributed by atoms with Gasteiger partial charge >= 0.3 is 0 Å². The van der Waals surface area contributed by atoms with Crippen molar-refractivity contribution in [1.29, 1.82) is 0 Å². The summed E-state index contributed by atoms with van der Waals surface area (Å²) in [6.07, 6.45) is 1.30. The molecule has 2 atom stereocenters. The van der Waals surface area contributed by atoms with E-state index >= 15 is 0 Å². The van der Waals surface area contributed by atoms with E-state index in [0.717, 1.165) is 19.0 Å². The predicted octanol–water partition coefficient (Wildman–Crippen LogP) is 3.59. The second-order valence-electron chi connectivity index (χ2n) is 7.15. The maximum absolute atomic E-state index is 3.52. The first-order valence-corrected chi connectivity index (χ1v) is 7.95. The van der Waals surface area contributed by atoms with Crippen molar-refractivity contribution in [3.8, 4) is 0 Å². The van der Waals surface area contributed by atoms with E-state index in [1.807, 2.05) is 0 Å². The van der Waals surface area contributed by atoms with Crippen LogP contribution in [0.4, 0.5) is 0 Å². The monoisotopic (exact) mass is 274 g/mol. The van der Waals surface area contributed by atoms with Gasteiger partial charge in [-0.3, -0.25) is 4.90 Å². The molecule has 1 aromatic carbocycles. The van der Waals surface area contributed by atoms with Crippen LogP contribution in [0.1, 0.15) is 51.3 Å². The van der Waals surface area contributed by atoms with E-state index in [0.29, 0.717) is 6.04 Å². The number of hydrogen-bond acceptors (Lipinski definition) is 2. The number of hydrogen-bond donors (Lipinski definition) is 1. The molecule has 0 radical (unpaired) electrons. The average molecular weight is 274 g/mol. The van der Waals surface area contributed by atoms with Gasteiger partial charge in [-0.15, -0.1) is 0 Å². The van der Waals surface area contributed by atoms with Crippen molar-refractivity contribution >= 4 is 0 Å². The second kappa shape index (κ2) is 6.28. The fourth-order valence-corrected chi connectivity index (χ4v) is 3.28. The molecule has 1 aromatic rings. The van der Waals surface area contributed by atoms with Crippen LogP contribution >= 0.6 is 0 Å². The summed E-state index contributed by atoms with van der Waals surface area (Å²) >= 11 is 0. The molecule has 1 fully saturated rings. The highest BCUT2D eigenvalue weighted by Gasteiger charge is 2.32. The topological polar surface area (TPSA) is 15.3 Å². The van der Waals surface area contributed by atoms with Gasteiger partial charge < -0.3 is 5.32 Å². The summed E-state index contributed by atoms with van der Waals surface area (Å²) in [6.45, 7) is 12.4. The molecule has 2 rings (SSSR count). The predicted molar refractivity (Wildman–Crippen MR) is 87.2 cm³/mol. The van der Waals surface area contributed by atoms with Crippen molar-refractivity contribution < 1.29 is 0 Å². The number of likely N-dealkylation sites (tertiary alicyclic amines) is 1. The van der Waals surface area contributed by atoms with Gasteiger partial charge in [-0.1, -0.05) is 52.0 Å². The smallest absolute Gasteiger partial charge is 0.0385 e. The molecule has 20 heavy (non-hydrogen) atoms. The summed E-state index contributed by atoms with van der Waals surface area (Å²) in [7, 11) is 2.26. The lowest BCUT2D eigenvalue weighted by Gasteiger charge is -2.27. The fraction of sp³-hybridized carbons (Fsp3) is 0.667. The van der Waals surface area contributed by atoms with Crippen LogP contribution in [0.5, 0.6) is 0 Å². The van der Waals surface area contributed by atoms with Crippen LogP contribution in [-0.4, -0.2) is 31.6 Å². The summed E-state index contributed by atoms with van der Waals surface area (Å²) in [5, 5.41) is 3.52. The van der Waals surface area contributed by atoms with Gasteiger partial charge in [0.05, 0.1) is 0 Å². The van der Waals surface area contributed by atoms with Crippen LogP contribution in [0, 0.1) is 5.92 Å². The molecular weight excluding hydrogens is 244 g/mol. The molecule has 0 amide bonds. The molecule has 1 saturated heterocycles. The number of nitrogens with zero attached hydrogens (tertiary/aromatic N) is 1. The highest BCUT2D eigenvalue weighted by Crippen LogP contribution is 2.36. The molecule has 2 heteroatoms. The number of nitrogens with one attached hydrogen (secondary N) is 1. The third-order valence-electron chi connectivity index (χ3n) is 4.55. The molecule has 1 heterocycles. The Morgan fingerprint density at radius 3 is 2.40 bits per heavy atom. The average Bonchev–Trinajstić information content (AvgIpc) is 2.76. The fourth-order valence-electron chi connectivity index (χ4n) is 3.28. The van der Waals surface area contributed by atoms with Crippen LogP contribution in [0.2, 0.25) is 0 Å². The standard InChI is InChI=1S/C18H30N2/c1-6-19-13-15-11-12-20(5)17(15)14-7-9-16(10-8-14)18(2,3)4/h7-10,15,17,19H,6,11-13H2,1-5H3. The Balaban J connectivity index is 2.16. The van der Waals surface area contributed by atoms with Crippen LogP contribution in [0.3, 0.4) is 0 Å². The van der Waals surface area contributed by atoms with E-state index in [1.54, 1.807) is 0 Å². The molecule has 1 aliphatic heterocycles. The highest BCUT2D eigenvalue weighted by atomic mass is 15.2. The zero-order valence-electron chi connectivity index (χ0n) is 13.7. The number of benzene rings is 1. The van der Waals surface area contributed by atoms with Crippen LogP contribution in [-0.2, 0) is 5.41 Å². The Labute approximate surface area is 124 Å². The van der Waals surface area contributed by atoms with Gasteiger partial charge in [0.2, 0.25) is 0 Å². The van der Waals surface area contributed by atoms with E-state index in [4.69, 9.17) is 0 Å². The molecular formula is C18H30N2. The molecule has 0 saturated carbocycles. The van der Waals surface area contributed by atoms with Gasteiger partial charge in [0.1, 0.15) is 0 Å². The van der Waals surface area contributed by atoms with Gasteiger partial charge in [0.25, 0.3) is 0 Å². The Morgan fingerprint density at radius 2 is 1.85 bits per heavy atom. The molecule has 0 spiro atoms. The molecule has 0 aromatic heterocycles. The quantitative estimate of drug-likeness (QED) is 0.902. The minimum Gasteiger partial charge on any atom is -0.317 e. The third kappa shape index (κ3) is 3.42. The lowest BCUT2D eigenvalue weighted by atomic mass is 9.85. The zero-order chi connectivity index (χ0) is 14.8. The summed E-state index contributed by atoms with van der Waals surface area (Å²) in [4.78, 5) is 2.51. The molecule has 112 valence electrons. The first kappa shape index (κ1) is 15.5. The summed E-state index contributed by atoms with van der Waals surface area (Å²) in [6, 6.07) is 9.87. The SMILES string of the molecule is CCNCC1CCN(C)C1c1ccc(C(C)(C)C)cc1. The molecule has 2 nitrogen and oxygen atoms in total. The van der Waals surface area contributed by atoms with Gasteiger partial charge in [-0.05, 0) is 55.6 Å². The van der Waals surface area contributed by atoms with Crippen molar-refractivity contribution in [2.75, 3.05) is 26.7 Å². The molecule has 0 bridgehead atoms. The maximum Gasteiger partial charge on any atom is 0.0385 e. The van der Waals surface area contributed by atoms with Crippen LogP contribution < -0.4 is 5.32 Å². The molecule has 2 unspecified atom stereocenters. The second-order valence-corrected chi connectivity index (χ2v) is 7.15. The molecule has 0 aliphatic carbocycles. The maximum atomic E-state index is 3.52. The summed E-state index contributed by atoms with van der Waals surface area (Å²) < 4.78 is 0. The van der Waals surface area contributed by atoms with E-state index in [1.165, 1.54) is 24.1 Å². The first-order valence-electron chi connectivity index (χ1n) is 7.95. The first-order chi connectivity index (χ1) is 9.43. The lowest BCUT2D eigenvalue weighted by Crippen LogP contribution is -2.28. The third-order valence-corrected chi connectivity index (χ3v) is 4.55. The Morgan fingerprint density at radius 1 is 1.20 bits per heavy atom. The van der Waals surface area contributed by atoms with Gasteiger partial charge in [0, 0.05) is 6.04 Å². The van der Waals surface area contributed by atoms with Crippen molar-refractivity contribution in [1.82, 2.24) is 10.2 Å². The largest absolute Gasteiger partial charge is 0.317 e. The van der Waals surface area contributed by atoms with Crippen LogP contribution in [0.25, 0.3) is 0 Å². The Hall–Kier alpha value is -0.860. The minimum absolute atomic E-state index is 0.239. The van der Waals surface area contributed by atoms with Crippen molar-refractivity contribution in [3.05, 3.63) is 35.4 Å². The van der Waals surface area contributed by atoms with Crippen molar-refractivity contribution in [3.63, 3.8) is 0 Å². The highest BCUT2D eigenvalue weighted by molar-refractivity contribution is 5.30. The zero-order valence-corrected chi connectivity index (χ0v) is 13.7. The Kier molecular flexibility index (Phi) is 4.87. The van der Waals surface area contributed by atoms with Crippen molar-refractivity contribution in [2.45, 2.75) is 45.6 Å². The van der Waals surface area contributed by atoms with E-state index < -0.39 is 0 Å². The normalized spacial score (nSPS) is 24.2. The van der Waals surface area contributed by atoms with Gasteiger partial charge in [-0.2, -0.15) is 0 Å².